The van der Waals surface area contributed by atoms with E-state index in [1.165, 1.54) is 6.39 Å². The third kappa shape index (κ3) is 2.96. The van der Waals surface area contributed by atoms with Crippen LogP contribution in [0.2, 0.25) is 0 Å². The quantitative estimate of drug-likeness (QED) is 0.876. The first-order valence-electron chi connectivity index (χ1n) is 6.48. The van der Waals surface area contributed by atoms with Gasteiger partial charge in [-0.25, -0.2) is 4.98 Å². The number of aromatic nitrogens is 1. The van der Waals surface area contributed by atoms with Crippen molar-refractivity contribution in [3.63, 3.8) is 0 Å². The van der Waals surface area contributed by atoms with Crippen LogP contribution >= 0.6 is 0 Å². The SMILES string of the molecule is CO[C@H]1CN(C)C[C@@H]1NC(=O)c1ncoc1C(C)C. The molecule has 0 bridgehead atoms. The average molecular weight is 267 g/mol. The summed E-state index contributed by atoms with van der Waals surface area (Å²) in [7, 11) is 3.67. The molecule has 1 aromatic heterocycles. The van der Waals surface area contributed by atoms with Gasteiger partial charge in [0.05, 0.1) is 12.1 Å². The number of carbonyl (C=O) groups is 1. The number of amides is 1. The number of hydrogen-bond donors (Lipinski definition) is 1. The number of oxazole rings is 1. The molecule has 0 aliphatic carbocycles. The van der Waals surface area contributed by atoms with E-state index >= 15 is 0 Å². The maximum atomic E-state index is 12.2. The fraction of sp³-hybridized carbons (Fsp3) is 0.692. The fourth-order valence-corrected chi connectivity index (χ4v) is 2.41. The summed E-state index contributed by atoms with van der Waals surface area (Å²) < 4.78 is 10.7. The predicted molar refractivity (Wildman–Crippen MR) is 70.1 cm³/mol. The number of likely N-dealkylation sites (tertiary alicyclic amines) is 1. The van der Waals surface area contributed by atoms with E-state index in [9.17, 15) is 4.79 Å². The molecule has 19 heavy (non-hydrogen) atoms. The second kappa shape index (κ2) is 5.71. The monoisotopic (exact) mass is 267 g/mol. The van der Waals surface area contributed by atoms with Gasteiger partial charge in [-0.3, -0.25) is 4.79 Å². The molecule has 1 aliphatic heterocycles. The Hall–Kier alpha value is -1.40. The van der Waals surface area contributed by atoms with Crippen molar-refractivity contribution in [3.05, 3.63) is 17.8 Å². The van der Waals surface area contributed by atoms with Gasteiger partial charge in [-0.15, -0.1) is 0 Å². The van der Waals surface area contributed by atoms with Crippen molar-refractivity contribution >= 4 is 5.91 Å². The molecule has 1 aromatic rings. The molecule has 1 amide bonds. The Balaban J connectivity index is 2.06. The van der Waals surface area contributed by atoms with Gasteiger partial charge in [0.1, 0.15) is 5.76 Å². The zero-order valence-electron chi connectivity index (χ0n) is 11.8. The first-order valence-corrected chi connectivity index (χ1v) is 6.48. The molecule has 0 aromatic carbocycles. The Morgan fingerprint density at radius 2 is 2.32 bits per heavy atom. The Labute approximate surface area is 113 Å². The summed E-state index contributed by atoms with van der Waals surface area (Å²) >= 11 is 0. The number of nitrogens with zero attached hydrogens (tertiary/aromatic N) is 2. The third-order valence-electron chi connectivity index (χ3n) is 3.40. The molecule has 0 unspecified atom stereocenters. The van der Waals surface area contributed by atoms with E-state index in [0.717, 1.165) is 13.1 Å². The smallest absolute Gasteiger partial charge is 0.273 e. The minimum Gasteiger partial charge on any atom is -0.447 e. The summed E-state index contributed by atoms with van der Waals surface area (Å²) in [6.07, 6.45) is 1.34. The summed E-state index contributed by atoms with van der Waals surface area (Å²) in [5.41, 5.74) is 0.374. The van der Waals surface area contributed by atoms with Gasteiger partial charge in [0.15, 0.2) is 12.1 Å². The average Bonchev–Trinajstić information content (AvgIpc) is 2.95. The molecule has 106 valence electrons. The van der Waals surface area contributed by atoms with Crippen LogP contribution in [0.25, 0.3) is 0 Å². The second-order valence-corrected chi connectivity index (χ2v) is 5.30. The molecule has 0 spiro atoms. The maximum Gasteiger partial charge on any atom is 0.273 e. The van der Waals surface area contributed by atoms with Gasteiger partial charge in [-0.1, -0.05) is 13.8 Å². The van der Waals surface area contributed by atoms with E-state index in [4.69, 9.17) is 9.15 Å². The highest BCUT2D eigenvalue weighted by atomic mass is 16.5. The molecule has 2 heterocycles. The van der Waals surface area contributed by atoms with Crippen molar-refractivity contribution in [3.8, 4) is 0 Å². The van der Waals surface area contributed by atoms with E-state index in [-0.39, 0.29) is 24.0 Å². The molecule has 0 saturated carbocycles. The number of rotatable bonds is 4. The highest BCUT2D eigenvalue weighted by molar-refractivity contribution is 5.93. The molecule has 6 heteroatoms. The minimum atomic E-state index is -0.195. The molecule has 1 aliphatic rings. The van der Waals surface area contributed by atoms with Gasteiger partial charge in [0.2, 0.25) is 0 Å². The molecule has 6 nitrogen and oxygen atoms in total. The van der Waals surface area contributed by atoms with Crippen molar-refractivity contribution in [2.45, 2.75) is 31.9 Å². The molecule has 1 N–H and O–H groups in total. The lowest BCUT2D eigenvalue weighted by Gasteiger charge is -2.18. The van der Waals surface area contributed by atoms with Crippen LogP contribution in [-0.2, 0) is 4.74 Å². The van der Waals surface area contributed by atoms with E-state index in [1.54, 1.807) is 7.11 Å². The highest BCUT2D eigenvalue weighted by Crippen LogP contribution is 2.19. The summed E-state index contributed by atoms with van der Waals surface area (Å²) in [5.74, 6) is 0.561. The van der Waals surface area contributed by atoms with Crippen molar-refractivity contribution in [2.75, 3.05) is 27.2 Å². The van der Waals surface area contributed by atoms with E-state index in [0.29, 0.717) is 11.5 Å². The largest absolute Gasteiger partial charge is 0.447 e. The van der Waals surface area contributed by atoms with Gasteiger partial charge < -0.3 is 19.4 Å². The molecule has 1 fully saturated rings. The van der Waals surface area contributed by atoms with Crippen LogP contribution in [0.4, 0.5) is 0 Å². The van der Waals surface area contributed by atoms with Gasteiger partial charge in [-0.2, -0.15) is 0 Å². The van der Waals surface area contributed by atoms with E-state index in [2.05, 4.69) is 15.2 Å². The number of hydrogen-bond acceptors (Lipinski definition) is 5. The molecular formula is C13H21N3O3. The van der Waals surface area contributed by atoms with Gasteiger partial charge in [0.25, 0.3) is 5.91 Å². The standard InChI is InChI=1S/C13H21N3O3/c1-8(2)12-11(14-7-19-12)13(17)15-9-5-16(3)6-10(9)18-4/h7-10H,5-6H2,1-4H3,(H,15,17)/t9-,10-/m0/s1. The maximum absolute atomic E-state index is 12.2. The molecular weight excluding hydrogens is 246 g/mol. The van der Waals surface area contributed by atoms with Gasteiger partial charge in [0, 0.05) is 26.1 Å². The van der Waals surface area contributed by atoms with Gasteiger partial charge >= 0.3 is 0 Å². The van der Waals surface area contributed by atoms with Crippen LogP contribution in [-0.4, -0.2) is 55.2 Å². The van der Waals surface area contributed by atoms with Crippen LogP contribution in [0, 0.1) is 0 Å². The van der Waals surface area contributed by atoms with Crippen LogP contribution in [0.5, 0.6) is 0 Å². The summed E-state index contributed by atoms with van der Waals surface area (Å²) in [5, 5.41) is 2.98. The minimum absolute atomic E-state index is 0.0146. The number of nitrogens with one attached hydrogen (secondary N) is 1. The summed E-state index contributed by atoms with van der Waals surface area (Å²) in [6.45, 7) is 5.54. The first-order chi connectivity index (χ1) is 9.02. The predicted octanol–water partition coefficient (Wildman–Crippen LogP) is 0.857. The fourth-order valence-electron chi connectivity index (χ4n) is 2.41. The van der Waals surface area contributed by atoms with Crippen molar-refractivity contribution in [2.24, 2.45) is 0 Å². The second-order valence-electron chi connectivity index (χ2n) is 5.30. The summed E-state index contributed by atoms with van der Waals surface area (Å²) in [4.78, 5) is 18.4. The first kappa shape index (κ1) is 14.0. The number of methoxy groups -OCH3 is 1. The molecule has 2 rings (SSSR count). The Bertz CT molecular complexity index is 444. The zero-order chi connectivity index (χ0) is 14.0. The number of carbonyl (C=O) groups excluding carboxylic acids is 1. The molecule has 0 radical (unpaired) electrons. The third-order valence-corrected chi connectivity index (χ3v) is 3.40. The van der Waals surface area contributed by atoms with E-state index < -0.39 is 0 Å². The molecule has 2 atom stereocenters. The highest BCUT2D eigenvalue weighted by Gasteiger charge is 2.33. The van der Waals surface area contributed by atoms with Crippen LogP contribution in [0.15, 0.2) is 10.8 Å². The molecule has 1 saturated heterocycles. The lowest BCUT2D eigenvalue weighted by molar-refractivity contribution is 0.0761. The topological polar surface area (TPSA) is 67.6 Å². The van der Waals surface area contributed by atoms with Crippen molar-refractivity contribution in [1.29, 1.82) is 0 Å². The van der Waals surface area contributed by atoms with Crippen molar-refractivity contribution in [1.82, 2.24) is 15.2 Å². The van der Waals surface area contributed by atoms with Crippen molar-refractivity contribution < 1.29 is 13.9 Å². The Morgan fingerprint density at radius 1 is 1.58 bits per heavy atom. The van der Waals surface area contributed by atoms with Crippen LogP contribution in [0.3, 0.4) is 0 Å². The number of ether oxygens (including phenoxy) is 1. The summed E-state index contributed by atoms with van der Waals surface area (Å²) in [6, 6.07) is -0.0146. The lowest BCUT2D eigenvalue weighted by Crippen LogP contribution is -2.43. The Kier molecular flexibility index (Phi) is 4.21. The Morgan fingerprint density at radius 3 is 2.95 bits per heavy atom. The zero-order valence-corrected chi connectivity index (χ0v) is 11.8. The number of likely N-dealkylation sites (N-methyl/N-ethyl adjacent to an activating group) is 1. The van der Waals surface area contributed by atoms with Gasteiger partial charge in [-0.05, 0) is 7.05 Å². The normalized spacial score (nSPS) is 24.1. The van der Waals surface area contributed by atoms with Crippen LogP contribution < -0.4 is 5.32 Å². The van der Waals surface area contributed by atoms with Crippen LogP contribution in [0.1, 0.15) is 36.0 Å². The lowest BCUT2D eigenvalue weighted by atomic mass is 10.1. The van der Waals surface area contributed by atoms with E-state index in [1.807, 2.05) is 20.9 Å².